The molecule has 4 heterocycles. The summed E-state index contributed by atoms with van der Waals surface area (Å²) in [5.74, 6) is 0. The predicted molar refractivity (Wildman–Crippen MR) is 199 cm³/mol. The molecule has 230 valence electrons. The number of dihydropyridines is 1. The van der Waals surface area contributed by atoms with Crippen molar-refractivity contribution >= 4 is 33.8 Å². The van der Waals surface area contributed by atoms with Crippen LogP contribution in [0.2, 0.25) is 0 Å². The molecule has 3 aromatic heterocycles. The predicted octanol–water partition coefficient (Wildman–Crippen LogP) is 10.9. The molecule has 1 aliphatic heterocycles. The second-order valence-electron chi connectivity index (χ2n) is 12.8. The van der Waals surface area contributed by atoms with Gasteiger partial charge in [0.2, 0.25) is 0 Å². The molecular weight excluding hydrogens is 591 g/mol. The van der Waals surface area contributed by atoms with Crippen molar-refractivity contribution in [1.82, 2.24) is 15.3 Å². The lowest BCUT2D eigenvalue weighted by Crippen LogP contribution is -2.25. The van der Waals surface area contributed by atoms with Crippen LogP contribution >= 0.6 is 11.3 Å². The fourth-order valence-electron chi connectivity index (χ4n) is 7.36. The Hall–Kier alpha value is -5.06. The fourth-order valence-corrected chi connectivity index (χ4v) is 8.73. The van der Waals surface area contributed by atoms with Crippen molar-refractivity contribution in [1.29, 1.82) is 0 Å². The minimum absolute atomic E-state index is 0.0941. The van der Waals surface area contributed by atoms with Gasteiger partial charge >= 0.3 is 0 Å². The Morgan fingerprint density at radius 3 is 2.45 bits per heavy atom. The second-order valence-corrected chi connectivity index (χ2v) is 14.0. The summed E-state index contributed by atoms with van der Waals surface area (Å²) in [5, 5.41) is 6.04. The van der Waals surface area contributed by atoms with Gasteiger partial charge in [0, 0.05) is 45.5 Å². The number of rotatable bonds is 6. The van der Waals surface area contributed by atoms with E-state index in [2.05, 4.69) is 128 Å². The molecule has 1 N–H and O–H groups in total. The molecule has 0 amide bonds. The first kappa shape index (κ1) is 29.3. The number of hydrogen-bond donors (Lipinski definition) is 1. The summed E-state index contributed by atoms with van der Waals surface area (Å²) in [7, 11) is 0. The summed E-state index contributed by atoms with van der Waals surface area (Å²) in [6.07, 6.45) is 12.8. The number of fused-ring (bicyclic) bond motifs is 5. The smallest absolute Gasteiger partial charge is 0.0893 e. The highest BCUT2D eigenvalue weighted by atomic mass is 32.1. The molecule has 3 nitrogen and oxygen atoms in total. The maximum Gasteiger partial charge on any atom is 0.0893 e. The van der Waals surface area contributed by atoms with Gasteiger partial charge in [0.25, 0.3) is 0 Å². The molecule has 0 bridgehead atoms. The van der Waals surface area contributed by atoms with E-state index in [4.69, 9.17) is 4.98 Å². The van der Waals surface area contributed by atoms with Gasteiger partial charge < -0.3 is 5.32 Å². The Labute approximate surface area is 281 Å². The lowest BCUT2D eigenvalue weighted by Gasteiger charge is -2.31. The largest absolute Gasteiger partial charge is 0.387 e. The van der Waals surface area contributed by atoms with Gasteiger partial charge in [0.05, 0.1) is 17.1 Å². The van der Waals surface area contributed by atoms with Crippen molar-refractivity contribution < 1.29 is 0 Å². The highest BCUT2D eigenvalue weighted by Gasteiger charge is 2.37. The van der Waals surface area contributed by atoms with Gasteiger partial charge in [0.15, 0.2) is 0 Å². The number of aromatic nitrogens is 2. The molecule has 0 radical (unpaired) electrons. The molecule has 0 saturated carbocycles. The van der Waals surface area contributed by atoms with E-state index in [1.54, 1.807) is 0 Å². The summed E-state index contributed by atoms with van der Waals surface area (Å²) in [5.41, 5.74) is 13.4. The molecule has 0 unspecified atom stereocenters. The van der Waals surface area contributed by atoms with Crippen molar-refractivity contribution in [2.75, 3.05) is 6.54 Å². The Bertz CT molecular complexity index is 2230. The molecule has 47 heavy (non-hydrogen) atoms. The number of allylic oxidation sites excluding steroid dienone is 3. The van der Waals surface area contributed by atoms with Gasteiger partial charge in [-0.2, -0.15) is 0 Å². The van der Waals surface area contributed by atoms with E-state index in [0.29, 0.717) is 0 Å². The maximum absolute atomic E-state index is 5.06. The van der Waals surface area contributed by atoms with Crippen LogP contribution in [0.1, 0.15) is 54.3 Å². The van der Waals surface area contributed by atoms with Crippen LogP contribution in [0, 0.1) is 0 Å². The number of hydrogen-bond acceptors (Lipinski definition) is 4. The van der Waals surface area contributed by atoms with Gasteiger partial charge in [-0.25, -0.2) is 4.98 Å². The molecule has 0 saturated heterocycles. The third kappa shape index (κ3) is 5.04. The number of nitrogens with one attached hydrogen (secondary N) is 1. The standard InChI is InChI=1S/C43H37N3S/c1-4-5-13-33-40(47-42-32-16-8-9-17-35(32)43(2,3)36-23-25-44-27-34(36)41(33)42)26-28-21-22-31(30-15-7-6-14-29(28)30)37-19-12-20-39(46-37)38-18-10-11-24-45-38/h5-25,44H,4,26-27H2,1-3H3/b13-5-. The zero-order chi connectivity index (χ0) is 32.0. The van der Waals surface area contributed by atoms with Gasteiger partial charge in [-0.15, -0.1) is 11.3 Å². The van der Waals surface area contributed by atoms with E-state index in [1.807, 2.05) is 41.8 Å². The molecular formula is C43H37N3S. The Balaban J connectivity index is 1.29. The highest BCUT2D eigenvalue weighted by Crippen LogP contribution is 2.52. The number of thiophene rings is 1. The van der Waals surface area contributed by atoms with Crippen LogP contribution < -0.4 is 5.32 Å². The van der Waals surface area contributed by atoms with Crippen LogP contribution in [-0.2, 0) is 11.8 Å². The van der Waals surface area contributed by atoms with Crippen LogP contribution in [0.4, 0.5) is 0 Å². The van der Waals surface area contributed by atoms with E-state index >= 15 is 0 Å². The molecule has 3 aromatic carbocycles. The molecule has 0 spiro atoms. The normalized spacial score (nSPS) is 14.9. The van der Waals surface area contributed by atoms with Crippen molar-refractivity contribution in [2.45, 2.75) is 39.0 Å². The summed E-state index contributed by atoms with van der Waals surface area (Å²) in [6, 6.07) is 34.6. The lowest BCUT2D eigenvalue weighted by molar-refractivity contribution is 0.638. The SMILES string of the molecule is CC/C=C\c1c(Cc2ccc(-c3cccc(-c4ccccn4)n3)c3ccccc23)sc2c1C1=C(C=CNC1)C(C)(C)c1ccccc1-2. The minimum Gasteiger partial charge on any atom is -0.387 e. The van der Waals surface area contributed by atoms with Gasteiger partial charge in [-0.3, -0.25) is 4.98 Å². The monoisotopic (exact) mass is 627 g/mol. The van der Waals surface area contributed by atoms with Crippen LogP contribution in [0.5, 0.6) is 0 Å². The third-order valence-electron chi connectivity index (χ3n) is 9.65. The Morgan fingerprint density at radius 1 is 0.809 bits per heavy atom. The molecule has 2 aliphatic rings. The maximum atomic E-state index is 5.06. The van der Waals surface area contributed by atoms with E-state index in [1.165, 1.54) is 59.5 Å². The summed E-state index contributed by atoms with van der Waals surface area (Å²) >= 11 is 1.97. The zero-order valence-electron chi connectivity index (χ0n) is 27.0. The first-order valence-electron chi connectivity index (χ1n) is 16.5. The first-order valence-corrected chi connectivity index (χ1v) is 17.3. The summed E-state index contributed by atoms with van der Waals surface area (Å²) in [4.78, 5) is 12.4. The molecule has 0 atom stereocenters. The Kier molecular flexibility index (Phi) is 7.46. The minimum atomic E-state index is -0.0941. The zero-order valence-corrected chi connectivity index (χ0v) is 27.9. The van der Waals surface area contributed by atoms with E-state index in [9.17, 15) is 0 Å². The van der Waals surface area contributed by atoms with Gasteiger partial charge in [0.1, 0.15) is 0 Å². The summed E-state index contributed by atoms with van der Waals surface area (Å²) < 4.78 is 0. The number of nitrogens with zero attached hydrogens (tertiary/aromatic N) is 2. The molecule has 1 aliphatic carbocycles. The van der Waals surface area contributed by atoms with Crippen LogP contribution in [0.25, 0.3) is 55.5 Å². The first-order chi connectivity index (χ1) is 23.0. The van der Waals surface area contributed by atoms with E-state index < -0.39 is 0 Å². The Morgan fingerprint density at radius 2 is 1.60 bits per heavy atom. The van der Waals surface area contributed by atoms with Crippen molar-refractivity contribution in [3.8, 4) is 33.1 Å². The van der Waals surface area contributed by atoms with Crippen molar-refractivity contribution in [3.63, 3.8) is 0 Å². The lowest BCUT2D eigenvalue weighted by atomic mass is 9.74. The van der Waals surface area contributed by atoms with Crippen LogP contribution in [0.15, 0.2) is 127 Å². The third-order valence-corrected chi connectivity index (χ3v) is 10.9. The van der Waals surface area contributed by atoms with Crippen molar-refractivity contribution in [2.24, 2.45) is 0 Å². The van der Waals surface area contributed by atoms with E-state index in [0.717, 1.165) is 42.0 Å². The van der Waals surface area contributed by atoms with Gasteiger partial charge in [-0.1, -0.05) is 106 Å². The van der Waals surface area contributed by atoms with Crippen LogP contribution in [0.3, 0.4) is 0 Å². The highest BCUT2D eigenvalue weighted by molar-refractivity contribution is 7.16. The number of benzene rings is 3. The average Bonchev–Trinajstić information content (AvgIpc) is 3.45. The van der Waals surface area contributed by atoms with E-state index in [-0.39, 0.29) is 5.41 Å². The fraction of sp³-hybridized carbons (Fsp3) is 0.163. The quantitative estimate of drug-likeness (QED) is 0.200. The van der Waals surface area contributed by atoms with Crippen molar-refractivity contribution in [3.05, 3.63) is 154 Å². The topological polar surface area (TPSA) is 37.8 Å². The molecule has 4 heteroatoms. The average molecular weight is 628 g/mol. The molecule has 6 aromatic rings. The van der Waals surface area contributed by atoms with Gasteiger partial charge in [-0.05, 0) is 87.1 Å². The summed E-state index contributed by atoms with van der Waals surface area (Å²) in [6.45, 7) is 7.81. The number of pyridine rings is 2. The molecule has 0 fully saturated rings. The molecule has 8 rings (SSSR count). The van der Waals surface area contributed by atoms with Crippen LogP contribution in [-0.4, -0.2) is 16.5 Å². The second kappa shape index (κ2) is 11.9.